The number of rotatable bonds is 17. The Morgan fingerprint density at radius 1 is 0.787 bits per heavy atom. The molecule has 5 rings (SSSR count). The van der Waals surface area contributed by atoms with Gasteiger partial charge in [0.1, 0.15) is 42.3 Å². The third-order valence-corrected chi connectivity index (χ3v) is 12.8. The topological polar surface area (TPSA) is 385 Å². The molecule has 2 aromatic heterocycles. The first-order valence-electron chi connectivity index (χ1n) is 25.2. The monoisotopic (exact) mass is 1040 g/mol. The second-order valence-corrected chi connectivity index (χ2v) is 18.6. The number of unbranched alkanes of at least 4 members (excludes halogenated alkanes) is 1. The number of guanidine groups is 1. The first kappa shape index (κ1) is 57.6. The van der Waals surface area contributed by atoms with Gasteiger partial charge in [-0.15, -0.1) is 0 Å². The fraction of sp³-hybridized carbons (Fsp3) is 0.471. The SMILES string of the molecule is CCCC[C@H](NC(C)=O)C(=O)N[C@@H]1CC(=O)NCCCC[C@@H](C(N)=O)NC(=O)[C@H]([C@H](C)c2c[nH]c3ccccc23)NC(=O)[C@@H](CCCN=C(N)N)NC(=O)[C@@H](Cc2ccccc2)NC(=O)[C@@H](Cc2cnc[nH]2)NC1=O. The minimum absolute atomic E-state index is 0.0352. The lowest BCUT2D eigenvalue weighted by Crippen LogP contribution is -2.61. The van der Waals surface area contributed by atoms with Gasteiger partial charge in [0.15, 0.2) is 5.96 Å². The van der Waals surface area contributed by atoms with E-state index < -0.39 is 108 Å². The molecule has 24 heteroatoms. The molecular weight excluding hydrogens is 967 g/mol. The number of primary amides is 1. The summed E-state index contributed by atoms with van der Waals surface area (Å²) in [6, 6.07) is 6.64. The van der Waals surface area contributed by atoms with Crippen molar-refractivity contribution in [1.29, 1.82) is 0 Å². The van der Waals surface area contributed by atoms with Crippen molar-refractivity contribution >= 4 is 70.0 Å². The second kappa shape index (κ2) is 28.8. The zero-order valence-electron chi connectivity index (χ0n) is 42.5. The number of carbonyl (C=O) groups excluding carboxylic acids is 9. The molecule has 8 atom stereocenters. The van der Waals surface area contributed by atoms with Crippen molar-refractivity contribution in [3.63, 3.8) is 0 Å². The van der Waals surface area contributed by atoms with Crippen LogP contribution in [0.5, 0.6) is 0 Å². The van der Waals surface area contributed by atoms with Crippen LogP contribution in [-0.4, -0.2) is 129 Å². The highest BCUT2D eigenvalue weighted by molar-refractivity contribution is 5.99. The Kier molecular flexibility index (Phi) is 22.1. The van der Waals surface area contributed by atoms with E-state index in [4.69, 9.17) is 17.2 Å². The predicted octanol–water partition coefficient (Wildman–Crippen LogP) is -0.687. The van der Waals surface area contributed by atoms with Gasteiger partial charge in [-0.05, 0) is 55.7 Å². The van der Waals surface area contributed by atoms with Crippen molar-refractivity contribution in [1.82, 2.24) is 57.5 Å². The van der Waals surface area contributed by atoms with Gasteiger partial charge >= 0.3 is 0 Å². The highest BCUT2D eigenvalue weighted by Crippen LogP contribution is 2.28. The Balaban J connectivity index is 1.57. The third kappa shape index (κ3) is 18.0. The third-order valence-electron chi connectivity index (χ3n) is 12.8. The van der Waals surface area contributed by atoms with Crippen LogP contribution in [0.15, 0.2) is 78.3 Å². The Morgan fingerprint density at radius 3 is 2.15 bits per heavy atom. The molecule has 0 bridgehead atoms. The number of para-hydroxylation sites is 1. The molecule has 1 fully saturated rings. The van der Waals surface area contributed by atoms with Crippen molar-refractivity contribution in [3.05, 3.63) is 90.1 Å². The zero-order chi connectivity index (χ0) is 54.4. The Labute approximate surface area is 434 Å². The molecule has 0 saturated carbocycles. The van der Waals surface area contributed by atoms with Gasteiger partial charge in [-0.25, -0.2) is 4.98 Å². The molecule has 4 aromatic rings. The quantitative estimate of drug-likeness (QED) is 0.0355. The maximum absolute atomic E-state index is 14.8. The summed E-state index contributed by atoms with van der Waals surface area (Å²) in [4.78, 5) is 140. The van der Waals surface area contributed by atoms with E-state index in [2.05, 4.69) is 62.5 Å². The minimum Gasteiger partial charge on any atom is -0.370 e. The van der Waals surface area contributed by atoms with E-state index in [1.165, 1.54) is 19.4 Å². The Hall–Kier alpha value is -8.31. The second-order valence-electron chi connectivity index (χ2n) is 18.6. The molecule has 75 heavy (non-hydrogen) atoms. The number of aromatic amines is 2. The molecule has 0 spiro atoms. The lowest BCUT2D eigenvalue weighted by atomic mass is 9.91. The van der Waals surface area contributed by atoms with Crippen molar-refractivity contribution in [2.45, 2.75) is 140 Å². The van der Waals surface area contributed by atoms with Crippen LogP contribution in [0.3, 0.4) is 0 Å². The highest BCUT2D eigenvalue weighted by Gasteiger charge is 2.37. The van der Waals surface area contributed by atoms with Crippen LogP contribution in [0.1, 0.15) is 101 Å². The van der Waals surface area contributed by atoms with Crippen LogP contribution < -0.4 is 59.7 Å². The van der Waals surface area contributed by atoms with Gasteiger partial charge in [-0.1, -0.05) is 75.2 Å². The molecule has 9 amide bonds. The number of hydrogen-bond acceptors (Lipinski definition) is 11. The molecule has 1 aliphatic heterocycles. The summed E-state index contributed by atoms with van der Waals surface area (Å²) in [5.41, 5.74) is 19.5. The van der Waals surface area contributed by atoms with E-state index in [-0.39, 0.29) is 70.4 Å². The van der Waals surface area contributed by atoms with Crippen LogP contribution in [0.25, 0.3) is 10.9 Å². The lowest BCUT2D eigenvalue weighted by molar-refractivity contribution is -0.136. The van der Waals surface area contributed by atoms with Crippen molar-refractivity contribution in [3.8, 4) is 0 Å². The molecular formula is C51H71N15O9. The predicted molar refractivity (Wildman–Crippen MR) is 278 cm³/mol. The van der Waals surface area contributed by atoms with Crippen molar-refractivity contribution < 1.29 is 43.2 Å². The smallest absolute Gasteiger partial charge is 0.243 e. The van der Waals surface area contributed by atoms with E-state index >= 15 is 0 Å². The molecule has 16 N–H and O–H groups in total. The number of imidazole rings is 1. The molecule has 404 valence electrons. The fourth-order valence-corrected chi connectivity index (χ4v) is 8.71. The number of nitrogens with one attached hydrogen (secondary N) is 10. The highest BCUT2D eigenvalue weighted by atomic mass is 16.2. The number of hydrogen-bond donors (Lipinski definition) is 13. The Bertz CT molecular complexity index is 2620. The van der Waals surface area contributed by atoms with Crippen LogP contribution in [0.2, 0.25) is 0 Å². The standard InChI is InChI=1S/C51H71N15O9/c1-4-5-17-37(60-30(3)67)45(70)65-41-25-42(68)56-21-12-11-19-36(44(52)69)61-50(75)43(29(2)34-27-58-35-18-10-9-16-33(34)35)66-46(71)38(20-13-22-57-51(53)54)62-47(72)39(23-31-14-7-6-8-15-31)63-48(73)40(64-49(41)74)24-32-26-55-28-59-32/h6-10,14-16,18,26-29,36-41,43,58H,4-5,11-13,17,19-25H2,1-3H3,(H2,52,69)(H,55,59)(H,56,68)(H,60,67)(H,61,75)(H,62,72)(H,63,73)(H,64,74)(H,65,70)(H,66,71)(H4,53,54,57)/t29-,36+,37+,38-,39-,40-,41-,43+/m1/s1. The summed E-state index contributed by atoms with van der Waals surface area (Å²) in [5.74, 6) is -7.85. The van der Waals surface area contributed by atoms with E-state index in [9.17, 15) is 43.2 Å². The number of nitrogens with two attached hydrogens (primary N) is 3. The van der Waals surface area contributed by atoms with E-state index in [1.807, 2.05) is 31.2 Å². The summed E-state index contributed by atoms with van der Waals surface area (Å²) in [6.07, 6.45) is 5.77. The molecule has 1 saturated heterocycles. The molecule has 2 aromatic carbocycles. The number of benzene rings is 2. The Morgan fingerprint density at radius 2 is 1.47 bits per heavy atom. The van der Waals surface area contributed by atoms with E-state index in [0.717, 1.165) is 10.9 Å². The van der Waals surface area contributed by atoms with Gasteiger partial charge in [-0.2, -0.15) is 0 Å². The first-order chi connectivity index (χ1) is 35.9. The summed E-state index contributed by atoms with van der Waals surface area (Å²) < 4.78 is 0. The number of H-pyrrole nitrogens is 2. The van der Waals surface area contributed by atoms with Gasteiger partial charge in [0.05, 0.1) is 12.7 Å². The molecule has 0 aliphatic carbocycles. The van der Waals surface area contributed by atoms with Crippen LogP contribution in [0, 0.1) is 0 Å². The van der Waals surface area contributed by atoms with Gasteiger partial charge < -0.3 is 69.7 Å². The van der Waals surface area contributed by atoms with Gasteiger partial charge in [0, 0.05) is 67.8 Å². The molecule has 24 nitrogen and oxygen atoms in total. The summed E-state index contributed by atoms with van der Waals surface area (Å²) in [7, 11) is 0. The van der Waals surface area contributed by atoms with Crippen LogP contribution in [-0.2, 0) is 56.0 Å². The van der Waals surface area contributed by atoms with Crippen molar-refractivity contribution in [2.75, 3.05) is 13.1 Å². The molecule has 3 heterocycles. The first-order valence-corrected chi connectivity index (χ1v) is 25.2. The average molecular weight is 1040 g/mol. The average Bonchev–Trinajstić information content (AvgIpc) is 4.06. The zero-order valence-corrected chi connectivity index (χ0v) is 42.5. The summed E-state index contributed by atoms with van der Waals surface area (Å²) in [6.45, 7) is 4.98. The molecule has 1 aliphatic rings. The summed E-state index contributed by atoms with van der Waals surface area (Å²) >= 11 is 0. The number of aliphatic imine (C=N–C) groups is 1. The van der Waals surface area contributed by atoms with Crippen LogP contribution in [0.4, 0.5) is 0 Å². The maximum atomic E-state index is 14.8. The lowest BCUT2D eigenvalue weighted by Gasteiger charge is -2.29. The number of carbonyl (C=O) groups is 9. The fourth-order valence-electron chi connectivity index (χ4n) is 8.71. The van der Waals surface area contributed by atoms with E-state index in [1.54, 1.807) is 43.5 Å². The number of aromatic nitrogens is 3. The van der Waals surface area contributed by atoms with Gasteiger partial charge in [-0.3, -0.25) is 48.1 Å². The number of nitrogens with zero attached hydrogens (tertiary/aromatic N) is 2. The number of amides is 9. The van der Waals surface area contributed by atoms with Crippen LogP contribution >= 0.6 is 0 Å². The van der Waals surface area contributed by atoms with Gasteiger partial charge in [0.25, 0.3) is 0 Å². The molecule has 0 unspecified atom stereocenters. The van der Waals surface area contributed by atoms with E-state index in [0.29, 0.717) is 29.7 Å². The minimum atomic E-state index is -1.58. The molecule has 0 radical (unpaired) electrons. The summed E-state index contributed by atoms with van der Waals surface area (Å²) in [5, 5.41) is 22.5. The largest absolute Gasteiger partial charge is 0.370 e. The maximum Gasteiger partial charge on any atom is 0.243 e. The normalized spacial score (nSPS) is 21.6. The van der Waals surface area contributed by atoms with Gasteiger partial charge in [0.2, 0.25) is 53.2 Å². The number of fused-ring (bicyclic) bond motifs is 1. The van der Waals surface area contributed by atoms with Crippen molar-refractivity contribution in [2.24, 2.45) is 22.2 Å².